The summed E-state index contributed by atoms with van der Waals surface area (Å²) in [7, 11) is 0. The highest BCUT2D eigenvalue weighted by Crippen LogP contribution is 2.30. The van der Waals surface area contributed by atoms with Crippen LogP contribution in [0.25, 0.3) is 0 Å². The van der Waals surface area contributed by atoms with Gasteiger partial charge in [-0.25, -0.2) is 4.98 Å². The fraction of sp³-hybridized carbons (Fsp3) is 0.118. The van der Waals surface area contributed by atoms with Crippen molar-refractivity contribution in [3.63, 3.8) is 0 Å². The minimum Gasteiger partial charge on any atom is -0.359 e. The monoisotopic (exact) mass is 403 g/mol. The average molecular weight is 404 g/mol. The molecule has 0 unspecified atom stereocenters. The minimum atomic E-state index is -0.204. The number of amides is 1. The lowest BCUT2D eigenvalue weighted by Gasteiger charge is -2.09. The van der Waals surface area contributed by atoms with Crippen molar-refractivity contribution in [1.82, 2.24) is 10.1 Å². The first-order valence-electron chi connectivity index (χ1n) is 7.17. The Bertz CT molecular complexity index is 858. The highest BCUT2D eigenvalue weighted by Gasteiger charge is 2.17. The molecule has 0 saturated heterocycles. The number of hydrogen-bond donors (Lipinski definition) is 1. The Morgan fingerprint density at radius 2 is 2.00 bits per heavy atom. The van der Waals surface area contributed by atoms with E-state index in [1.807, 2.05) is 30.3 Å². The zero-order valence-corrected chi connectivity index (χ0v) is 15.4. The van der Waals surface area contributed by atoms with E-state index in [-0.39, 0.29) is 5.91 Å². The van der Waals surface area contributed by atoms with Crippen molar-refractivity contribution in [2.45, 2.75) is 23.8 Å². The lowest BCUT2D eigenvalue weighted by molar-refractivity contribution is 0.102. The molecule has 2 heterocycles. The van der Waals surface area contributed by atoms with Gasteiger partial charge in [0.2, 0.25) is 0 Å². The van der Waals surface area contributed by atoms with Gasteiger partial charge in [-0.05, 0) is 54.0 Å². The van der Waals surface area contributed by atoms with Gasteiger partial charge in [0.15, 0.2) is 5.76 Å². The van der Waals surface area contributed by atoms with Crippen molar-refractivity contribution >= 4 is 39.3 Å². The molecular weight excluding hydrogens is 390 g/mol. The van der Waals surface area contributed by atoms with Crippen molar-refractivity contribution in [3.8, 4) is 0 Å². The molecule has 0 atom stereocenters. The second kappa shape index (κ2) is 7.19. The van der Waals surface area contributed by atoms with E-state index in [1.165, 1.54) is 11.8 Å². The Hall–Kier alpha value is -2.12. The van der Waals surface area contributed by atoms with Gasteiger partial charge in [-0.1, -0.05) is 29.1 Å². The number of aromatic nitrogens is 2. The van der Waals surface area contributed by atoms with Crippen LogP contribution in [0.5, 0.6) is 0 Å². The number of halogens is 1. The number of rotatable bonds is 4. The van der Waals surface area contributed by atoms with Crippen LogP contribution in [0.2, 0.25) is 0 Å². The van der Waals surface area contributed by atoms with E-state index >= 15 is 0 Å². The highest BCUT2D eigenvalue weighted by atomic mass is 79.9. The fourth-order valence-corrected chi connectivity index (χ4v) is 3.24. The molecule has 0 radical (unpaired) electrons. The molecule has 5 nitrogen and oxygen atoms in total. The maximum Gasteiger partial charge on any atom is 0.256 e. The summed E-state index contributed by atoms with van der Waals surface area (Å²) in [5, 5.41) is 7.54. The zero-order valence-electron chi connectivity index (χ0n) is 13.0. The van der Waals surface area contributed by atoms with Gasteiger partial charge in [0.05, 0.1) is 5.56 Å². The van der Waals surface area contributed by atoms with Gasteiger partial charge in [0.1, 0.15) is 16.4 Å². The molecule has 0 fully saturated rings. The first kappa shape index (κ1) is 16.7. The van der Waals surface area contributed by atoms with Gasteiger partial charge in [-0.15, -0.1) is 0 Å². The molecular formula is C17H14BrN3O2S. The second-order valence-corrected chi connectivity index (χ2v) is 7.04. The van der Waals surface area contributed by atoms with Gasteiger partial charge in [-0.2, -0.15) is 0 Å². The van der Waals surface area contributed by atoms with E-state index in [0.29, 0.717) is 22.7 Å². The maximum atomic E-state index is 12.7. The number of hydrogen-bond acceptors (Lipinski definition) is 5. The lowest BCUT2D eigenvalue weighted by atomic mass is 10.2. The van der Waals surface area contributed by atoms with Crippen LogP contribution in [0.3, 0.4) is 0 Å². The summed E-state index contributed by atoms with van der Waals surface area (Å²) >= 11 is 4.81. The van der Waals surface area contributed by atoms with Gasteiger partial charge in [-0.3, -0.25) is 4.79 Å². The molecule has 0 aliphatic heterocycles. The Morgan fingerprint density at radius 3 is 2.67 bits per heavy atom. The van der Waals surface area contributed by atoms with Crippen molar-refractivity contribution in [1.29, 1.82) is 0 Å². The van der Waals surface area contributed by atoms with Gasteiger partial charge < -0.3 is 9.84 Å². The Labute approximate surface area is 152 Å². The summed E-state index contributed by atoms with van der Waals surface area (Å²) in [6.45, 7) is 3.56. The zero-order chi connectivity index (χ0) is 17.1. The topological polar surface area (TPSA) is 68.0 Å². The Morgan fingerprint density at radius 1 is 1.21 bits per heavy atom. The predicted molar refractivity (Wildman–Crippen MR) is 96.4 cm³/mol. The molecule has 0 saturated carbocycles. The predicted octanol–water partition coefficient (Wildman–Crippen LogP) is 4.85. The number of carbonyl (C=O) groups is 1. The summed E-state index contributed by atoms with van der Waals surface area (Å²) in [5.74, 6) is 0.380. The number of carbonyl (C=O) groups excluding carboxylic acids is 1. The largest absolute Gasteiger partial charge is 0.359 e. The first-order chi connectivity index (χ1) is 11.5. The summed E-state index contributed by atoms with van der Waals surface area (Å²) in [6.07, 6.45) is 1.73. The molecule has 1 aromatic carbocycles. The van der Waals surface area contributed by atoms with E-state index in [9.17, 15) is 4.79 Å². The van der Waals surface area contributed by atoms with Crippen molar-refractivity contribution in [3.05, 3.63) is 64.1 Å². The third kappa shape index (κ3) is 3.68. The third-order valence-corrected chi connectivity index (χ3v) is 4.81. The van der Waals surface area contributed by atoms with Gasteiger partial charge in [0, 0.05) is 15.6 Å². The highest BCUT2D eigenvalue weighted by molar-refractivity contribution is 9.10. The van der Waals surface area contributed by atoms with E-state index in [2.05, 4.69) is 31.4 Å². The van der Waals surface area contributed by atoms with E-state index < -0.39 is 0 Å². The first-order valence-corrected chi connectivity index (χ1v) is 8.78. The van der Waals surface area contributed by atoms with Gasteiger partial charge in [0.25, 0.3) is 5.91 Å². The standard InChI is InChI=1S/C17H14BrN3O2S/c1-10-16(11(2)23-21-10)20-17(22)13-5-3-4-6-14(13)24-15-8-7-12(18)9-19-15/h3-9H,1-2H3,(H,20,22). The Balaban J connectivity index is 1.86. The lowest BCUT2D eigenvalue weighted by Crippen LogP contribution is -2.14. The fourth-order valence-electron chi connectivity index (χ4n) is 2.12. The number of anilines is 1. The molecule has 1 amide bonds. The van der Waals surface area contributed by atoms with Crippen molar-refractivity contribution < 1.29 is 9.32 Å². The molecule has 0 aliphatic carbocycles. The van der Waals surface area contributed by atoms with Crippen molar-refractivity contribution in [2.75, 3.05) is 5.32 Å². The average Bonchev–Trinajstić information content (AvgIpc) is 2.89. The SMILES string of the molecule is Cc1noc(C)c1NC(=O)c1ccccc1Sc1ccc(Br)cn1. The molecule has 3 rings (SSSR count). The molecule has 122 valence electrons. The van der Waals surface area contributed by atoms with Crippen molar-refractivity contribution in [2.24, 2.45) is 0 Å². The number of pyridine rings is 1. The Kier molecular flexibility index (Phi) is 5.01. The number of nitrogens with zero attached hydrogens (tertiary/aromatic N) is 2. The van der Waals surface area contributed by atoms with Crippen LogP contribution in [-0.2, 0) is 0 Å². The number of aryl methyl sites for hydroxylation is 2. The van der Waals surface area contributed by atoms with E-state index in [0.717, 1.165) is 14.4 Å². The molecule has 0 spiro atoms. The maximum absolute atomic E-state index is 12.7. The van der Waals surface area contributed by atoms with Crippen LogP contribution in [0.1, 0.15) is 21.8 Å². The van der Waals surface area contributed by atoms with Crippen LogP contribution >= 0.6 is 27.7 Å². The molecule has 2 aromatic heterocycles. The summed E-state index contributed by atoms with van der Waals surface area (Å²) < 4.78 is 6.00. The van der Waals surface area contributed by atoms with E-state index in [4.69, 9.17) is 4.52 Å². The number of benzene rings is 1. The van der Waals surface area contributed by atoms with Gasteiger partial charge >= 0.3 is 0 Å². The quantitative estimate of drug-likeness (QED) is 0.673. The summed E-state index contributed by atoms with van der Waals surface area (Å²) in [5.41, 5.74) is 1.84. The van der Waals surface area contributed by atoms with E-state index in [1.54, 1.807) is 26.1 Å². The molecule has 0 bridgehead atoms. The molecule has 1 N–H and O–H groups in total. The minimum absolute atomic E-state index is 0.204. The second-order valence-electron chi connectivity index (χ2n) is 5.07. The van der Waals surface area contributed by atoms with Crippen LogP contribution in [0.4, 0.5) is 5.69 Å². The normalized spacial score (nSPS) is 10.6. The molecule has 0 aliphatic rings. The summed E-state index contributed by atoms with van der Waals surface area (Å²) in [6, 6.07) is 11.2. The molecule has 24 heavy (non-hydrogen) atoms. The molecule has 7 heteroatoms. The van der Waals surface area contributed by atoms with Crippen LogP contribution in [0, 0.1) is 13.8 Å². The number of nitrogens with one attached hydrogen (secondary N) is 1. The van der Waals surface area contributed by atoms with Crippen LogP contribution < -0.4 is 5.32 Å². The summed E-state index contributed by atoms with van der Waals surface area (Å²) in [4.78, 5) is 17.8. The van der Waals surface area contributed by atoms with Crippen LogP contribution in [0.15, 0.2) is 61.5 Å². The smallest absolute Gasteiger partial charge is 0.256 e. The third-order valence-electron chi connectivity index (χ3n) is 3.32. The molecule has 3 aromatic rings. The van der Waals surface area contributed by atoms with Crippen LogP contribution in [-0.4, -0.2) is 16.0 Å².